The number of aryl methyl sites for hydroxylation is 2. The third-order valence-corrected chi connectivity index (χ3v) is 4.08. The maximum Gasteiger partial charge on any atom is 0.256 e. The van der Waals surface area contributed by atoms with Crippen LogP contribution in [-0.2, 0) is 13.0 Å². The zero-order valence-electron chi connectivity index (χ0n) is 11.2. The third-order valence-electron chi connectivity index (χ3n) is 3.62. The van der Waals surface area contributed by atoms with E-state index in [2.05, 4.69) is 21.2 Å². The Hall–Kier alpha value is -1.62. The highest BCUT2D eigenvalue weighted by molar-refractivity contribution is 9.10. The largest absolute Gasteiger partial charge is 0.352 e. The van der Waals surface area contributed by atoms with Crippen molar-refractivity contribution in [1.82, 2.24) is 9.88 Å². The van der Waals surface area contributed by atoms with E-state index in [1.807, 2.05) is 17.6 Å². The lowest BCUT2D eigenvalue weighted by atomic mass is 10.1. The smallest absolute Gasteiger partial charge is 0.256 e. The monoisotopic (exact) mass is 334 g/mol. The number of halogens is 1. The fourth-order valence-corrected chi connectivity index (χ4v) is 3.20. The average Bonchev–Trinajstić information content (AvgIpc) is 2.83. The van der Waals surface area contributed by atoms with E-state index in [4.69, 9.17) is 0 Å². The van der Waals surface area contributed by atoms with E-state index in [-0.39, 0.29) is 16.9 Å². The molecule has 1 aliphatic heterocycles. The molecule has 0 fully saturated rings. The van der Waals surface area contributed by atoms with Gasteiger partial charge in [-0.25, -0.2) is 0 Å². The van der Waals surface area contributed by atoms with Gasteiger partial charge in [-0.15, -0.1) is 0 Å². The Labute approximate surface area is 124 Å². The van der Waals surface area contributed by atoms with Gasteiger partial charge in [-0.1, -0.05) is 22.9 Å². The molecule has 0 spiro atoms. The molecule has 1 amide bonds. The fourth-order valence-electron chi connectivity index (χ4n) is 2.70. The molecule has 0 atom stereocenters. The number of benzene rings is 1. The van der Waals surface area contributed by atoms with Gasteiger partial charge in [-0.05, 0) is 30.5 Å². The van der Waals surface area contributed by atoms with E-state index in [1.54, 1.807) is 12.3 Å². The summed E-state index contributed by atoms with van der Waals surface area (Å²) in [5.74, 6) is -0.282. The van der Waals surface area contributed by atoms with Gasteiger partial charge in [-0.3, -0.25) is 9.59 Å². The molecule has 0 radical (unpaired) electrons. The summed E-state index contributed by atoms with van der Waals surface area (Å²) in [6.45, 7) is 3.38. The maximum absolute atomic E-state index is 12.5. The van der Waals surface area contributed by atoms with Crippen molar-refractivity contribution in [3.8, 4) is 0 Å². The van der Waals surface area contributed by atoms with Gasteiger partial charge in [0.25, 0.3) is 5.91 Å². The quantitative estimate of drug-likeness (QED) is 0.937. The number of carbonyl (C=O) groups is 1. The summed E-state index contributed by atoms with van der Waals surface area (Å²) in [6, 6.07) is 3.85. The molecule has 2 heterocycles. The summed E-state index contributed by atoms with van der Waals surface area (Å²) in [7, 11) is 0. The summed E-state index contributed by atoms with van der Waals surface area (Å²) in [6.07, 6.45) is 3.44. The lowest BCUT2D eigenvalue weighted by Gasteiger charge is -2.09. The molecule has 104 valence electrons. The molecule has 0 unspecified atom stereocenters. The number of nitrogens with one attached hydrogen (secondary N) is 1. The van der Waals surface area contributed by atoms with Crippen LogP contribution in [0, 0.1) is 0 Å². The van der Waals surface area contributed by atoms with Crippen LogP contribution in [0.15, 0.2) is 27.6 Å². The number of carbonyl (C=O) groups excluding carboxylic acids is 1. The molecular weight excluding hydrogens is 320 g/mol. The van der Waals surface area contributed by atoms with Gasteiger partial charge >= 0.3 is 0 Å². The van der Waals surface area contributed by atoms with Crippen molar-refractivity contribution in [3.63, 3.8) is 0 Å². The van der Waals surface area contributed by atoms with Crippen molar-refractivity contribution in [1.29, 1.82) is 0 Å². The predicted octanol–water partition coefficient (Wildman–Crippen LogP) is 2.46. The first-order valence-corrected chi connectivity index (χ1v) is 7.55. The van der Waals surface area contributed by atoms with Crippen LogP contribution in [0.2, 0.25) is 0 Å². The summed E-state index contributed by atoms with van der Waals surface area (Å²) >= 11 is 3.44. The minimum absolute atomic E-state index is 0.186. The van der Waals surface area contributed by atoms with Crippen LogP contribution in [-0.4, -0.2) is 17.0 Å². The van der Waals surface area contributed by atoms with Crippen LogP contribution in [0.1, 0.15) is 29.3 Å². The van der Waals surface area contributed by atoms with Gasteiger partial charge in [0.05, 0.1) is 5.52 Å². The second-order valence-electron chi connectivity index (χ2n) is 5.03. The van der Waals surface area contributed by atoms with E-state index in [0.29, 0.717) is 11.9 Å². The van der Waals surface area contributed by atoms with Crippen LogP contribution in [0.5, 0.6) is 0 Å². The highest BCUT2D eigenvalue weighted by Gasteiger charge is 2.20. The van der Waals surface area contributed by atoms with Gasteiger partial charge in [0.15, 0.2) is 0 Å². The summed E-state index contributed by atoms with van der Waals surface area (Å²) < 4.78 is 2.90. The number of hydrogen-bond acceptors (Lipinski definition) is 2. The lowest BCUT2D eigenvalue weighted by Crippen LogP contribution is -2.30. The van der Waals surface area contributed by atoms with Gasteiger partial charge in [-0.2, -0.15) is 0 Å². The standard InChI is InChI=1S/C15H15BrN2O2/c1-2-4-17-15(20)12-8-18-5-3-9-6-10(16)7-11(13(9)18)14(12)19/h6-8H,2-5H2,1H3,(H,17,20). The summed E-state index contributed by atoms with van der Waals surface area (Å²) in [4.78, 5) is 24.6. The number of hydrogen-bond donors (Lipinski definition) is 1. The molecule has 2 aromatic rings. The van der Waals surface area contributed by atoms with Crippen molar-refractivity contribution in [3.05, 3.63) is 44.2 Å². The van der Waals surface area contributed by atoms with Gasteiger partial charge in [0.2, 0.25) is 5.43 Å². The molecular formula is C15H15BrN2O2. The Kier molecular flexibility index (Phi) is 3.38. The van der Waals surface area contributed by atoms with Crippen LogP contribution in [0.4, 0.5) is 0 Å². The Morgan fingerprint density at radius 1 is 1.45 bits per heavy atom. The average molecular weight is 335 g/mol. The maximum atomic E-state index is 12.5. The van der Waals surface area contributed by atoms with Crippen molar-refractivity contribution < 1.29 is 4.79 Å². The topological polar surface area (TPSA) is 51.1 Å². The third kappa shape index (κ3) is 2.06. The Morgan fingerprint density at radius 3 is 3.00 bits per heavy atom. The molecule has 1 aromatic heterocycles. The van der Waals surface area contributed by atoms with Gasteiger partial charge in [0, 0.05) is 29.1 Å². The van der Waals surface area contributed by atoms with Crippen LogP contribution in [0.3, 0.4) is 0 Å². The van der Waals surface area contributed by atoms with Crippen molar-refractivity contribution in [2.24, 2.45) is 0 Å². The SMILES string of the molecule is CCCNC(=O)c1cn2c3c(cc(Br)cc3c1=O)CC2. The number of amides is 1. The van der Waals surface area contributed by atoms with Crippen LogP contribution in [0.25, 0.3) is 10.9 Å². The van der Waals surface area contributed by atoms with Crippen molar-refractivity contribution in [2.75, 3.05) is 6.54 Å². The Balaban J connectivity index is 2.21. The zero-order valence-corrected chi connectivity index (χ0v) is 12.8. The number of pyridine rings is 1. The molecule has 0 bridgehead atoms. The van der Waals surface area contributed by atoms with E-state index in [1.165, 1.54) is 0 Å². The zero-order chi connectivity index (χ0) is 14.3. The molecule has 0 saturated heterocycles. The second-order valence-corrected chi connectivity index (χ2v) is 5.95. The molecule has 20 heavy (non-hydrogen) atoms. The Morgan fingerprint density at radius 2 is 2.25 bits per heavy atom. The summed E-state index contributed by atoms with van der Waals surface area (Å²) in [5.41, 5.74) is 2.17. The molecule has 3 rings (SSSR count). The molecule has 4 nitrogen and oxygen atoms in total. The number of rotatable bonds is 3. The van der Waals surface area contributed by atoms with Gasteiger partial charge < -0.3 is 9.88 Å². The van der Waals surface area contributed by atoms with Crippen molar-refractivity contribution >= 4 is 32.7 Å². The molecule has 5 heteroatoms. The van der Waals surface area contributed by atoms with Crippen LogP contribution < -0.4 is 10.7 Å². The van der Waals surface area contributed by atoms with Crippen molar-refractivity contribution in [2.45, 2.75) is 26.3 Å². The highest BCUT2D eigenvalue weighted by atomic mass is 79.9. The van der Waals surface area contributed by atoms with Crippen LogP contribution >= 0.6 is 15.9 Å². The first-order valence-electron chi connectivity index (χ1n) is 6.75. The highest BCUT2D eigenvalue weighted by Crippen LogP contribution is 2.27. The summed E-state index contributed by atoms with van der Waals surface area (Å²) in [5, 5.41) is 3.39. The molecule has 1 aromatic carbocycles. The lowest BCUT2D eigenvalue weighted by molar-refractivity contribution is 0.0952. The van der Waals surface area contributed by atoms with E-state index in [9.17, 15) is 9.59 Å². The van der Waals surface area contributed by atoms with E-state index >= 15 is 0 Å². The first-order chi connectivity index (χ1) is 9.61. The second kappa shape index (κ2) is 5.05. The Bertz CT molecular complexity index is 765. The van der Waals surface area contributed by atoms with Gasteiger partial charge in [0.1, 0.15) is 5.56 Å². The predicted molar refractivity (Wildman–Crippen MR) is 82.2 cm³/mol. The normalized spacial score (nSPS) is 12.9. The molecule has 1 N–H and O–H groups in total. The first kappa shape index (κ1) is 13.4. The van der Waals surface area contributed by atoms with E-state index < -0.39 is 0 Å². The molecule has 1 aliphatic rings. The molecule has 0 saturated carbocycles. The minimum atomic E-state index is -0.282. The number of aromatic nitrogens is 1. The van der Waals surface area contributed by atoms with E-state index in [0.717, 1.165) is 34.9 Å². The number of nitrogens with zero attached hydrogens (tertiary/aromatic N) is 1. The molecule has 0 aliphatic carbocycles. The fraction of sp³-hybridized carbons (Fsp3) is 0.333. The minimum Gasteiger partial charge on any atom is -0.352 e.